The summed E-state index contributed by atoms with van der Waals surface area (Å²) in [5, 5.41) is 24.1. The minimum atomic E-state index is -0.166. The lowest BCUT2D eigenvalue weighted by molar-refractivity contribution is 0.407. The van der Waals surface area contributed by atoms with Crippen LogP contribution in [0.3, 0.4) is 0 Å². The van der Waals surface area contributed by atoms with Crippen LogP contribution in [0, 0.1) is 17.2 Å². The number of rotatable bonds is 3. The summed E-state index contributed by atoms with van der Waals surface area (Å²) in [7, 11) is 1.67. The van der Waals surface area contributed by atoms with Crippen molar-refractivity contribution in [3.05, 3.63) is 52.9 Å². The summed E-state index contributed by atoms with van der Waals surface area (Å²) in [6, 6.07) is 10.4. The number of ether oxygens (including phenoxy) is 1. The Morgan fingerprint density at radius 3 is 2.69 bits per heavy atom. The summed E-state index contributed by atoms with van der Waals surface area (Å²) in [5.41, 5.74) is 3.78. The maximum atomic E-state index is 10.0. The van der Waals surface area contributed by atoms with Crippen molar-refractivity contribution in [2.45, 2.75) is 18.8 Å². The molecule has 26 heavy (non-hydrogen) atoms. The van der Waals surface area contributed by atoms with E-state index in [-0.39, 0.29) is 18.3 Å². The summed E-state index contributed by atoms with van der Waals surface area (Å²) >= 11 is 0. The first-order valence-corrected chi connectivity index (χ1v) is 8.61. The second kappa shape index (κ2) is 7.81. The highest BCUT2D eigenvalue weighted by Crippen LogP contribution is 2.45. The molecule has 2 aromatic rings. The third kappa shape index (κ3) is 3.05. The number of para-hydroxylation sites is 1. The van der Waals surface area contributed by atoms with Crippen LogP contribution < -0.4 is 15.4 Å². The van der Waals surface area contributed by atoms with E-state index >= 15 is 0 Å². The molecule has 2 aliphatic heterocycles. The highest BCUT2D eigenvalue weighted by molar-refractivity contribution is 5.85. The van der Waals surface area contributed by atoms with Gasteiger partial charge in [-0.25, -0.2) is 0 Å². The molecule has 1 aromatic carbocycles. The minimum Gasteiger partial charge on any atom is -0.496 e. The summed E-state index contributed by atoms with van der Waals surface area (Å²) < 4.78 is 5.57. The number of aromatic amines is 1. The SMILES string of the molecule is COc1ccccc1C1C(C#N)=C(C2CCNCC2)Nc2[nH]ncc21.Cl. The summed E-state index contributed by atoms with van der Waals surface area (Å²) in [6.45, 7) is 1.95. The fourth-order valence-corrected chi connectivity index (χ4v) is 3.91. The van der Waals surface area contributed by atoms with Gasteiger partial charge in [0.15, 0.2) is 0 Å². The summed E-state index contributed by atoms with van der Waals surface area (Å²) in [6.07, 6.45) is 3.85. The van der Waals surface area contributed by atoms with E-state index < -0.39 is 0 Å². The number of piperidine rings is 1. The summed E-state index contributed by atoms with van der Waals surface area (Å²) in [5.74, 6) is 1.85. The molecule has 0 aliphatic carbocycles. The van der Waals surface area contributed by atoms with E-state index in [2.05, 4.69) is 26.9 Å². The second-order valence-corrected chi connectivity index (χ2v) is 6.46. The number of allylic oxidation sites excluding steroid dienone is 2. The number of nitrogens with one attached hydrogen (secondary N) is 3. The molecular formula is C19H22ClN5O. The van der Waals surface area contributed by atoms with E-state index in [1.807, 2.05) is 24.3 Å². The lowest BCUT2D eigenvalue weighted by Crippen LogP contribution is -2.32. The largest absolute Gasteiger partial charge is 0.496 e. The highest BCUT2D eigenvalue weighted by Gasteiger charge is 2.35. The van der Waals surface area contributed by atoms with Crippen LogP contribution in [-0.4, -0.2) is 30.4 Å². The van der Waals surface area contributed by atoms with E-state index in [4.69, 9.17) is 4.74 Å². The predicted molar refractivity (Wildman–Crippen MR) is 103 cm³/mol. The van der Waals surface area contributed by atoms with Crippen molar-refractivity contribution in [3.8, 4) is 11.8 Å². The zero-order valence-electron chi connectivity index (χ0n) is 14.6. The Morgan fingerprint density at radius 2 is 1.96 bits per heavy atom. The quantitative estimate of drug-likeness (QED) is 0.771. The number of nitriles is 1. The molecule has 0 amide bonds. The summed E-state index contributed by atoms with van der Waals surface area (Å²) in [4.78, 5) is 0. The van der Waals surface area contributed by atoms with Crippen molar-refractivity contribution in [1.29, 1.82) is 5.26 Å². The number of methoxy groups -OCH3 is 1. The van der Waals surface area contributed by atoms with Crippen molar-refractivity contribution >= 4 is 18.2 Å². The number of anilines is 1. The third-order valence-corrected chi connectivity index (χ3v) is 5.14. The van der Waals surface area contributed by atoms with Gasteiger partial charge in [-0.2, -0.15) is 10.4 Å². The van der Waals surface area contributed by atoms with Crippen LogP contribution in [0.4, 0.5) is 5.82 Å². The Balaban J connectivity index is 0.00000196. The smallest absolute Gasteiger partial charge is 0.129 e. The lowest BCUT2D eigenvalue weighted by atomic mass is 9.79. The molecule has 1 unspecified atom stereocenters. The molecule has 0 spiro atoms. The van der Waals surface area contributed by atoms with Crippen LogP contribution in [0.2, 0.25) is 0 Å². The van der Waals surface area contributed by atoms with Crippen LogP contribution in [0.25, 0.3) is 0 Å². The van der Waals surface area contributed by atoms with Crippen molar-refractivity contribution in [2.75, 3.05) is 25.5 Å². The van der Waals surface area contributed by atoms with Gasteiger partial charge >= 0.3 is 0 Å². The molecule has 0 saturated carbocycles. The lowest BCUT2D eigenvalue weighted by Gasteiger charge is -2.33. The van der Waals surface area contributed by atoms with E-state index in [9.17, 15) is 5.26 Å². The normalized spacial score (nSPS) is 19.8. The number of aromatic nitrogens is 2. The number of H-pyrrole nitrogens is 1. The zero-order valence-corrected chi connectivity index (χ0v) is 15.4. The monoisotopic (exact) mass is 371 g/mol. The van der Waals surface area contributed by atoms with Crippen molar-refractivity contribution < 1.29 is 4.74 Å². The fraction of sp³-hybridized carbons (Fsp3) is 0.368. The zero-order chi connectivity index (χ0) is 17.2. The van der Waals surface area contributed by atoms with Crippen LogP contribution in [-0.2, 0) is 0 Å². The Morgan fingerprint density at radius 1 is 1.19 bits per heavy atom. The molecule has 3 heterocycles. The van der Waals surface area contributed by atoms with E-state index in [0.29, 0.717) is 5.92 Å². The molecule has 1 fully saturated rings. The number of nitrogens with zero attached hydrogens (tertiary/aromatic N) is 2. The molecule has 6 nitrogen and oxygen atoms in total. The first-order valence-electron chi connectivity index (χ1n) is 8.61. The Bertz CT molecular complexity index is 848. The van der Waals surface area contributed by atoms with Crippen LogP contribution >= 0.6 is 12.4 Å². The van der Waals surface area contributed by atoms with Crippen LogP contribution in [0.15, 0.2) is 41.7 Å². The Hall–Kier alpha value is -2.49. The molecule has 1 saturated heterocycles. The standard InChI is InChI=1S/C19H21N5O.ClH/c1-25-16-5-3-2-4-13(16)17-14(10-20)18(12-6-8-21-9-7-12)23-19-15(17)11-22-24-19;/h2-5,11-12,17,21H,6-9H2,1H3,(H2,22,23,24);1H. The number of fused-ring (bicyclic) bond motifs is 1. The number of hydrogen-bond acceptors (Lipinski definition) is 5. The molecule has 0 bridgehead atoms. The van der Waals surface area contributed by atoms with Gasteiger partial charge in [0.05, 0.1) is 30.9 Å². The molecule has 136 valence electrons. The molecule has 2 aliphatic rings. The van der Waals surface area contributed by atoms with Gasteiger partial charge < -0.3 is 15.4 Å². The van der Waals surface area contributed by atoms with Gasteiger partial charge in [-0.15, -0.1) is 12.4 Å². The van der Waals surface area contributed by atoms with Gasteiger partial charge in [0.25, 0.3) is 0 Å². The Kier molecular flexibility index (Phi) is 5.50. The molecule has 0 radical (unpaired) electrons. The van der Waals surface area contributed by atoms with Crippen molar-refractivity contribution in [2.24, 2.45) is 5.92 Å². The average Bonchev–Trinajstić information content (AvgIpc) is 3.15. The van der Waals surface area contributed by atoms with Crippen molar-refractivity contribution in [1.82, 2.24) is 15.5 Å². The maximum absolute atomic E-state index is 10.0. The number of hydrogen-bond donors (Lipinski definition) is 3. The maximum Gasteiger partial charge on any atom is 0.129 e. The molecule has 1 aromatic heterocycles. The first kappa shape index (κ1) is 18.3. The molecule has 4 rings (SSSR count). The molecular weight excluding hydrogens is 350 g/mol. The van der Waals surface area contributed by atoms with Gasteiger partial charge in [-0.05, 0) is 32.0 Å². The minimum absolute atomic E-state index is 0. The number of halogens is 1. The third-order valence-electron chi connectivity index (χ3n) is 5.14. The fourth-order valence-electron chi connectivity index (χ4n) is 3.91. The molecule has 3 N–H and O–H groups in total. The second-order valence-electron chi connectivity index (χ2n) is 6.46. The van der Waals surface area contributed by atoms with E-state index in [1.165, 1.54) is 0 Å². The average molecular weight is 372 g/mol. The van der Waals surface area contributed by atoms with Gasteiger partial charge in [-0.3, -0.25) is 5.10 Å². The van der Waals surface area contributed by atoms with Crippen LogP contribution in [0.1, 0.15) is 29.9 Å². The Labute approximate surface area is 159 Å². The topological polar surface area (TPSA) is 85.8 Å². The van der Waals surface area contributed by atoms with Gasteiger partial charge in [0, 0.05) is 22.7 Å². The van der Waals surface area contributed by atoms with Gasteiger partial charge in [0.2, 0.25) is 0 Å². The van der Waals surface area contributed by atoms with E-state index in [1.54, 1.807) is 13.3 Å². The first-order chi connectivity index (χ1) is 12.3. The molecule has 1 atom stereocenters. The van der Waals surface area contributed by atoms with Crippen LogP contribution in [0.5, 0.6) is 5.75 Å². The molecule has 7 heteroatoms. The van der Waals surface area contributed by atoms with Gasteiger partial charge in [-0.1, -0.05) is 18.2 Å². The van der Waals surface area contributed by atoms with Gasteiger partial charge in [0.1, 0.15) is 11.6 Å². The predicted octanol–water partition coefficient (Wildman–Crippen LogP) is 3.17. The van der Waals surface area contributed by atoms with Crippen molar-refractivity contribution in [3.63, 3.8) is 0 Å². The van der Waals surface area contributed by atoms with E-state index in [0.717, 1.165) is 59.9 Å². The highest BCUT2D eigenvalue weighted by atomic mass is 35.5. The number of benzene rings is 1.